The fourth-order valence-corrected chi connectivity index (χ4v) is 3.23. The van der Waals surface area contributed by atoms with Crippen molar-refractivity contribution in [2.45, 2.75) is 81.6 Å². The molecule has 1 N–H and O–H groups in total. The van der Waals surface area contributed by atoms with Gasteiger partial charge in [0.25, 0.3) is 5.95 Å². The van der Waals surface area contributed by atoms with E-state index in [-0.39, 0.29) is 0 Å². The van der Waals surface area contributed by atoms with Crippen molar-refractivity contribution in [2.24, 2.45) is 9.98 Å². The van der Waals surface area contributed by atoms with Gasteiger partial charge in [-0.3, -0.25) is 4.99 Å². The van der Waals surface area contributed by atoms with Crippen molar-refractivity contribution >= 4 is 30.0 Å². The van der Waals surface area contributed by atoms with E-state index >= 15 is 0 Å². The highest BCUT2D eigenvalue weighted by atomic mass is 16.5. The molecule has 0 fully saturated rings. The van der Waals surface area contributed by atoms with Crippen LogP contribution in [0.5, 0.6) is 5.75 Å². The number of hydrogen-bond donors (Lipinski definition) is 1. The lowest BCUT2D eigenvalue weighted by Gasteiger charge is -2.10. The van der Waals surface area contributed by atoms with Crippen LogP contribution in [0.1, 0.15) is 80.7 Å². The molecule has 236 valence electrons. The molecule has 0 saturated carbocycles. The third-order valence-corrected chi connectivity index (χ3v) is 5.11. The van der Waals surface area contributed by atoms with Gasteiger partial charge in [-0.1, -0.05) is 65.8 Å². The van der Waals surface area contributed by atoms with E-state index in [2.05, 4.69) is 38.0 Å². The number of methoxy groups -OCH3 is 1. The van der Waals surface area contributed by atoms with E-state index in [9.17, 15) is 5.26 Å². The molecular weight excluding hydrogens is 538 g/mol. The summed E-state index contributed by atoms with van der Waals surface area (Å²) in [4.78, 5) is 12.8. The van der Waals surface area contributed by atoms with Gasteiger partial charge in [0, 0.05) is 38.6 Å². The fourth-order valence-electron chi connectivity index (χ4n) is 3.23. The molecule has 0 amide bonds. The van der Waals surface area contributed by atoms with E-state index < -0.39 is 0 Å². The topological polar surface area (TPSA) is 110 Å². The summed E-state index contributed by atoms with van der Waals surface area (Å²) in [7, 11) is 1.63. The number of nitriles is 1. The molecule has 0 atom stereocenters. The molecule has 2 heterocycles. The first kappa shape index (κ1) is 40.7. The number of aliphatic imine (C=N–C) groups is 2. The number of nitrogens with one attached hydrogen (secondary N) is 1. The van der Waals surface area contributed by atoms with E-state index in [1.165, 1.54) is 0 Å². The molecule has 1 aliphatic heterocycles. The second-order valence-corrected chi connectivity index (χ2v) is 7.65. The minimum absolute atomic E-state index is 0.457. The minimum Gasteiger partial charge on any atom is -0.497 e. The molecule has 9 nitrogen and oxygen atoms in total. The molecule has 0 bridgehead atoms. The zero-order chi connectivity index (χ0) is 32.9. The van der Waals surface area contributed by atoms with Gasteiger partial charge < -0.3 is 14.8 Å². The van der Waals surface area contributed by atoms with Gasteiger partial charge in [-0.05, 0) is 50.8 Å². The molecule has 0 saturated heterocycles. The summed E-state index contributed by atoms with van der Waals surface area (Å²) in [5.41, 5.74) is 2.45. The van der Waals surface area contributed by atoms with E-state index in [4.69, 9.17) is 9.47 Å². The molecule has 0 unspecified atom stereocenters. The van der Waals surface area contributed by atoms with Crippen molar-refractivity contribution in [3.05, 3.63) is 72.2 Å². The number of benzene rings is 1. The molecule has 1 aliphatic rings. The Morgan fingerprint density at radius 1 is 1.12 bits per heavy atom. The summed E-state index contributed by atoms with van der Waals surface area (Å²) < 4.78 is 12.1. The number of aromatic nitrogens is 3. The first-order valence-electron chi connectivity index (χ1n) is 15.1. The van der Waals surface area contributed by atoms with Gasteiger partial charge in [0.2, 0.25) is 5.95 Å². The molecular formula is C34H53N7O2. The van der Waals surface area contributed by atoms with Crippen LogP contribution in [0.3, 0.4) is 0 Å². The van der Waals surface area contributed by atoms with Crippen LogP contribution in [0, 0.1) is 11.3 Å². The summed E-state index contributed by atoms with van der Waals surface area (Å²) in [6.45, 7) is 22.8. The molecule has 9 heteroatoms. The first-order valence-corrected chi connectivity index (χ1v) is 15.1. The zero-order valence-corrected chi connectivity index (χ0v) is 28.0. The van der Waals surface area contributed by atoms with Gasteiger partial charge in [0.05, 0.1) is 30.7 Å². The summed E-state index contributed by atoms with van der Waals surface area (Å²) in [5.74, 6) is 2.68. The lowest BCUT2D eigenvalue weighted by atomic mass is 10.0. The monoisotopic (exact) mass is 591 g/mol. The van der Waals surface area contributed by atoms with Crippen molar-refractivity contribution in [3.63, 3.8) is 0 Å². The van der Waals surface area contributed by atoms with Crippen molar-refractivity contribution < 1.29 is 9.47 Å². The average molecular weight is 592 g/mol. The lowest BCUT2D eigenvalue weighted by Crippen LogP contribution is -2.06. The Balaban J connectivity index is 0. The second kappa shape index (κ2) is 27.7. The third kappa shape index (κ3) is 15.9. The quantitative estimate of drug-likeness (QED) is 0.159. The molecule has 0 aliphatic carbocycles. The predicted octanol–water partition coefficient (Wildman–Crippen LogP) is 8.97. The largest absolute Gasteiger partial charge is 0.497 e. The van der Waals surface area contributed by atoms with Gasteiger partial charge in [-0.15, -0.1) is 11.7 Å². The van der Waals surface area contributed by atoms with E-state index in [0.29, 0.717) is 36.9 Å². The van der Waals surface area contributed by atoms with Crippen LogP contribution in [-0.2, 0) is 11.2 Å². The number of hydrogen-bond acceptors (Lipinski definition) is 8. The van der Waals surface area contributed by atoms with Gasteiger partial charge >= 0.3 is 0 Å². The highest BCUT2D eigenvalue weighted by Gasteiger charge is 2.19. The zero-order valence-electron chi connectivity index (χ0n) is 28.0. The third-order valence-electron chi connectivity index (χ3n) is 5.11. The second-order valence-electron chi connectivity index (χ2n) is 7.65. The Hall–Kier alpha value is -4.45. The van der Waals surface area contributed by atoms with Gasteiger partial charge in [0.15, 0.2) is 0 Å². The minimum atomic E-state index is 0.457. The van der Waals surface area contributed by atoms with Crippen molar-refractivity contribution in [1.82, 2.24) is 14.8 Å². The van der Waals surface area contributed by atoms with Crippen molar-refractivity contribution in [2.75, 3.05) is 25.5 Å². The molecule has 0 radical (unpaired) electrons. The Morgan fingerprint density at radius 3 is 2.33 bits per heavy atom. The van der Waals surface area contributed by atoms with Gasteiger partial charge in [-0.2, -0.15) is 14.9 Å². The normalized spacial score (nSPS) is 11.6. The van der Waals surface area contributed by atoms with Crippen LogP contribution in [0.4, 0.5) is 11.9 Å². The van der Waals surface area contributed by atoms with Gasteiger partial charge in [-0.25, -0.2) is 4.99 Å². The Kier molecular flexibility index (Phi) is 26.2. The molecule has 1 aromatic carbocycles. The van der Waals surface area contributed by atoms with Gasteiger partial charge in [0.1, 0.15) is 11.5 Å². The maximum Gasteiger partial charge on any atom is 0.253 e. The lowest BCUT2D eigenvalue weighted by molar-refractivity contribution is 0.333. The molecule has 1 aromatic heterocycles. The van der Waals surface area contributed by atoms with Crippen LogP contribution in [-0.4, -0.2) is 47.4 Å². The van der Waals surface area contributed by atoms with Crippen molar-refractivity contribution in [3.8, 4) is 11.8 Å². The SMILES string of the molecule is C=CCNc1nc2n(n1)C(Cc1ccc(OC)cc1)=C(C#N)CC=N2.CC.CC.CC.CC=NCC/C(=C\C)O/C=C/C. The Bertz CT molecular complexity index is 1200. The molecule has 0 spiro atoms. The van der Waals surface area contributed by atoms with Crippen molar-refractivity contribution in [1.29, 1.82) is 5.26 Å². The molecule has 2 aromatic rings. The highest BCUT2D eigenvalue weighted by molar-refractivity contribution is 5.75. The Morgan fingerprint density at radius 2 is 1.79 bits per heavy atom. The van der Waals surface area contributed by atoms with E-state index in [1.54, 1.807) is 30.3 Å². The number of allylic oxidation sites excluding steroid dienone is 4. The van der Waals surface area contributed by atoms with Crippen LogP contribution >= 0.6 is 0 Å². The maximum atomic E-state index is 9.54. The summed E-state index contributed by atoms with van der Waals surface area (Å²) in [6.07, 6.45) is 12.6. The summed E-state index contributed by atoms with van der Waals surface area (Å²) in [6, 6.07) is 10.0. The smallest absolute Gasteiger partial charge is 0.253 e. The van der Waals surface area contributed by atoms with Crippen LogP contribution in [0.25, 0.3) is 5.70 Å². The number of rotatable bonds is 11. The molecule has 3 rings (SSSR count). The van der Waals surface area contributed by atoms with E-state index in [0.717, 1.165) is 35.7 Å². The number of nitrogens with zero attached hydrogens (tertiary/aromatic N) is 6. The first-order chi connectivity index (χ1) is 21.1. The average Bonchev–Trinajstić information content (AvgIpc) is 3.41. The number of ether oxygens (including phenoxy) is 2. The molecule has 43 heavy (non-hydrogen) atoms. The Labute approximate surface area is 260 Å². The van der Waals surface area contributed by atoms with Crippen LogP contribution < -0.4 is 10.1 Å². The van der Waals surface area contributed by atoms with E-state index in [1.807, 2.05) is 105 Å². The summed E-state index contributed by atoms with van der Waals surface area (Å²) >= 11 is 0. The fraction of sp³-hybridized carbons (Fsp3) is 0.441. The summed E-state index contributed by atoms with van der Waals surface area (Å²) in [5, 5.41) is 17.0. The van der Waals surface area contributed by atoms with Crippen LogP contribution in [0.15, 0.2) is 76.7 Å². The number of anilines is 1. The predicted molar refractivity (Wildman–Crippen MR) is 184 cm³/mol. The van der Waals surface area contributed by atoms with Crippen LogP contribution in [0.2, 0.25) is 0 Å². The maximum absolute atomic E-state index is 9.54. The number of fused-ring (bicyclic) bond motifs is 1. The highest BCUT2D eigenvalue weighted by Crippen LogP contribution is 2.27. The standard InChI is InChI=1S/C18H18N6O.C10H17NO.3C2H6/c1-3-9-20-17-22-18-21-10-8-14(12-19)16(24(18)23-17)11-13-4-6-15(25-2)7-5-13;1-4-9-12-10(5-2)7-8-11-6-3;3*1-2/h3-7,10H,1,8-9,11H2,2H3,(H,20,23);4-6,9H,7-8H2,1-3H3;3*1-2H3/b;9-4+,10-5+,11-6?;;;.